The van der Waals surface area contributed by atoms with Crippen LogP contribution in [0.25, 0.3) is 11.3 Å². The van der Waals surface area contributed by atoms with Crippen molar-refractivity contribution in [1.82, 2.24) is 4.98 Å². The van der Waals surface area contributed by atoms with Crippen molar-refractivity contribution in [2.24, 2.45) is 5.10 Å². The van der Waals surface area contributed by atoms with E-state index >= 15 is 0 Å². The Hall–Kier alpha value is -3.06. The van der Waals surface area contributed by atoms with E-state index in [4.69, 9.17) is 14.2 Å². The Kier molecular flexibility index (Phi) is 5.70. The van der Waals surface area contributed by atoms with Crippen molar-refractivity contribution < 1.29 is 14.2 Å². The van der Waals surface area contributed by atoms with Gasteiger partial charge in [0, 0.05) is 10.9 Å². The number of hydrogen-bond donors (Lipinski definition) is 1. The highest BCUT2D eigenvalue weighted by molar-refractivity contribution is 7.14. The second-order valence-electron chi connectivity index (χ2n) is 5.25. The van der Waals surface area contributed by atoms with Gasteiger partial charge in [0.25, 0.3) is 0 Å². The van der Waals surface area contributed by atoms with E-state index in [1.54, 1.807) is 27.5 Å². The molecule has 0 saturated carbocycles. The van der Waals surface area contributed by atoms with Crippen LogP contribution in [0.1, 0.15) is 5.56 Å². The van der Waals surface area contributed by atoms with E-state index in [0.717, 1.165) is 22.6 Å². The molecule has 0 aliphatic heterocycles. The number of thiazole rings is 1. The molecule has 3 rings (SSSR count). The number of ether oxygens (including phenoxy) is 3. The first-order valence-corrected chi connectivity index (χ1v) is 8.72. The number of methoxy groups -OCH3 is 3. The van der Waals surface area contributed by atoms with Crippen LogP contribution in [0.15, 0.2) is 52.9 Å². The van der Waals surface area contributed by atoms with Gasteiger partial charge in [0.05, 0.1) is 33.2 Å². The molecule has 1 heterocycles. The Morgan fingerprint density at radius 2 is 1.85 bits per heavy atom. The molecule has 6 nitrogen and oxygen atoms in total. The maximum atomic E-state index is 5.34. The van der Waals surface area contributed by atoms with Crippen molar-refractivity contribution >= 4 is 22.7 Å². The number of rotatable bonds is 7. The van der Waals surface area contributed by atoms with Gasteiger partial charge in [0.15, 0.2) is 11.5 Å². The molecule has 3 aromatic rings. The summed E-state index contributed by atoms with van der Waals surface area (Å²) in [6.45, 7) is 0. The number of hydrogen-bond acceptors (Lipinski definition) is 7. The fourth-order valence-electron chi connectivity index (χ4n) is 2.34. The van der Waals surface area contributed by atoms with Crippen LogP contribution >= 0.6 is 11.3 Å². The van der Waals surface area contributed by atoms with E-state index in [9.17, 15) is 0 Å². The molecule has 2 aromatic carbocycles. The van der Waals surface area contributed by atoms with Gasteiger partial charge in [-0.25, -0.2) is 4.98 Å². The monoisotopic (exact) mass is 369 g/mol. The molecule has 0 bridgehead atoms. The number of nitrogens with zero attached hydrogens (tertiary/aromatic N) is 2. The molecular formula is C19H19N3O3S. The highest BCUT2D eigenvalue weighted by Crippen LogP contribution is 2.33. The molecule has 0 fully saturated rings. The molecule has 0 unspecified atom stereocenters. The Labute approximate surface area is 156 Å². The summed E-state index contributed by atoms with van der Waals surface area (Å²) in [5.74, 6) is 2.15. The van der Waals surface area contributed by atoms with Gasteiger partial charge in [0.1, 0.15) is 5.75 Å². The van der Waals surface area contributed by atoms with Gasteiger partial charge < -0.3 is 14.2 Å². The van der Waals surface area contributed by atoms with Gasteiger partial charge in [0.2, 0.25) is 5.13 Å². The van der Waals surface area contributed by atoms with E-state index < -0.39 is 0 Å². The van der Waals surface area contributed by atoms with E-state index in [1.165, 1.54) is 11.3 Å². The lowest BCUT2D eigenvalue weighted by Gasteiger charge is -2.08. The van der Waals surface area contributed by atoms with Gasteiger partial charge in [-0.3, -0.25) is 5.43 Å². The summed E-state index contributed by atoms with van der Waals surface area (Å²) in [5, 5.41) is 6.89. The first-order valence-electron chi connectivity index (χ1n) is 7.84. The molecule has 26 heavy (non-hydrogen) atoms. The molecule has 134 valence electrons. The zero-order chi connectivity index (χ0) is 18.4. The van der Waals surface area contributed by atoms with Gasteiger partial charge in [-0.05, 0) is 35.9 Å². The standard InChI is InChI=1S/C19H19N3O3S/c1-23-15-6-4-5-13(9-15)11-20-22-19-21-16(12-26-19)14-7-8-17(24-2)18(10-14)25-3/h4-12H,1-3H3,(H,21,22)/b20-11-. The summed E-state index contributed by atoms with van der Waals surface area (Å²) in [7, 11) is 4.87. The van der Waals surface area contributed by atoms with Crippen molar-refractivity contribution in [3.05, 3.63) is 53.4 Å². The zero-order valence-electron chi connectivity index (χ0n) is 14.7. The first-order chi connectivity index (χ1) is 12.7. The molecule has 1 aromatic heterocycles. The van der Waals surface area contributed by atoms with Crippen LogP contribution in [-0.2, 0) is 0 Å². The molecule has 0 amide bonds. The highest BCUT2D eigenvalue weighted by atomic mass is 32.1. The van der Waals surface area contributed by atoms with Crippen LogP contribution in [0.2, 0.25) is 0 Å². The highest BCUT2D eigenvalue weighted by Gasteiger charge is 2.09. The van der Waals surface area contributed by atoms with E-state index in [-0.39, 0.29) is 0 Å². The summed E-state index contributed by atoms with van der Waals surface area (Å²) in [5.41, 5.74) is 5.68. The average Bonchev–Trinajstić information content (AvgIpc) is 3.16. The fraction of sp³-hybridized carbons (Fsp3) is 0.158. The molecule has 0 radical (unpaired) electrons. The van der Waals surface area contributed by atoms with Gasteiger partial charge in [-0.1, -0.05) is 12.1 Å². The van der Waals surface area contributed by atoms with Crippen LogP contribution < -0.4 is 19.6 Å². The minimum Gasteiger partial charge on any atom is -0.497 e. The summed E-state index contributed by atoms with van der Waals surface area (Å²) >= 11 is 1.48. The summed E-state index contributed by atoms with van der Waals surface area (Å²) < 4.78 is 15.8. The predicted octanol–water partition coefficient (Wildman–Crippen LogP) is 4.28. The summed E-state index contributed by atoms with van der Waals surface area (Å²) in [4.78, 5) is 4.55. The Morgan fingerprint density at radius 1 is 1.00 bits per heavy atom. The van der Waals surface area contributed by atoms with Crippen molar-refractivity contribution in [2.45, 2.75) is 0 Å². The van der Waals surface area contributed by atoms with Gasteiger partial charge >= 0.3 is 0 Å². The lowest BCUT2D eigenvalue weighted by Crippen LogP contribution is -1.92. The minimum atomic E-state index is 0.670. The van der Waals surface area contributed by atoms with Crippen molar-refractivity contribution in [3.8, 4) is 28.5 Å². The third kappa shape index (κ3) is 4.12. The first kappa shape index (κ1) is 17.8. The topological polar surface area (TPSA) is 65.0 Å². The van der Waals surface area contributed by atoms with E-state index in [0.29, 0.717) is 16.6 Å². The third-order valence-electron chi connectivity index (χ3n) is 3.65. The Bertz CT molecular complexity index is 909. The van der Waals surface area contributed by atoms with Crippen LogP contribution in [0.4, 0.5) is 5.13 Å². The van der Waals surface area contributed by atoms with Crippen LogP contribution in [0.5, 0.6) is 17.2 Å². The van der Waals surface area contributed by atoms with Crippen LogP contribution in [-0.4, -0.2) is 32.5 Å². The van der Waals surface area contributed by atoms with Gasteiger partial charge in [-0.2, -0.15) is 5.10 Å². The molecule has 0 saturated heterocycles. The van der Waals surface area contributed by atoms with Crippen molar-refractivity contribution in [3.63, 3.8) is 0 Å². The van der Waals surface area contributed by atoms with E-state index in [1.807, 2.05) is 47.8 Å². The number of aromatic nitrogens is 1. The number of benzene rings is 2. The molecule has 0 atom stereocenters. The van der Waals surface area contributed by atoms with Crippen LogP contribution in [0, 0.1) is 0 Å². The Balaban J connectivity index is 1.71. The minimum absolute atomic E-state index is 0.670. The largest absolute Gasteiger partial charge is 0.497 e. The molecule has 0 aliphatic carbocycles. The molecule has 1 N–H and O–H groups in total. The second-order valence-corrected chi connectivity index (χ2v) is 6.11. The lowest BCUT2D eigenvalue weighted by atomic mass is 10.1. The van der Waals surface area contributed by atoms with Crippen molar-refractivity contribution in [1.29, 1.82) is 0 Å². The van der Waals surface area contributed by atoms with Gasteiger partial charge in [-0.15, -0.1) is 11.3 Å². The molecule has 0 aliphatic rings. The second kappa shape index (κ2) is 8.35. The molecule has 7 heteroatoms. The molecule has 0 spiro atoms. The summed E-state index contributed by atoms with van der Waals surface area (Å²) in [6.07, 6.45) is 1.72. The number of anilines is 1. The maximum absolute atomic E-state index is 5.34. The van der Waals surface area contributed by atoms with E-state index in [2.05, 4.69) is 15.5 Å². The average molecular weight is 369 g/mol. The smallest absolute Gasteiger partial charge is 0.203 e. The quantitative estimate of drug-likeness (QED) is 0.497. The normalized spacial score (nSPS) is 10.7. The molecular weight excluding hydrogens is 350 g/mol. The predicted molar refractivity (Wildman–Crippen MR) is 105 cm³/mol. The SMILES string of the molecule is COc1cccc(/C=N\Nc2nc(-c3ccc(OC)c(OC)c3)cs2)c1. The maximum Gasteiger partial charge on any atom is 0.203 e. The number of hydrazone groups is 1. The lowest BCUT2D eigenvalue weighted by molar-refractivity contribution is 0.355. The zero-order valence-corrected chi connectivity index (χ0v) is 15.5. The van der Waals surface area contributed by atoms with Crippen molar-refractivity contribution in [2.75, 3.05) is 26.8 Å². The number of nitrogens with one attached hydrogen (secondary N) is 1. The van der Waals surface area contributed by atoms with Crippen LogP contribution in [0.3, 0.4) is 0 Å². The third-order valence-corrected chi connectivity index (χ3v) is 4.40. The summed E-state index contributed by atoms with van der Waals surface area (Å²) in [6, 6.07) is 13.4. The Morgan fingerprint density at radius 3 is 2.62 bits per heavy atom. The fourth-order valence-corrected chi connectivity index (χ4v) is 3.01.